The van der Waals surface area contributed by atoms with Crippen molar-refractivity contribution in [1.29, 1.82) is 0 Å². The Morgan fingerprint density at radius 3 is 1.95 bits per heavy atom. The first-order valence-corrected chi connectivity index (χ1v) is 14.1. The van der Waals surface area contributed by atoms with Gasteiger partial charge in [0.2, 0.25) is 5.91 Å². The minimum Gasteiger partial charge on any atom is -0.465 e. The van der Waals surface area contributed by atoms with Gasteiger partial charge in [-0.05, 0) is 46.5 Å². The number of hydrogen-bond donors (Lipinski definition) is 2. The Labute approximate surface area is 233 Å². The first-order chi connectivity index (χ1) is 18.6. The maximum absolute atomic E-state index is 12.3. The molecule has 1 aliphatic carbocycles. The predicted molar refractivity (Wildman–Crippen MR) is 145 cm³/mol. The van der Waals surface area contributed by atoms with Crippen molar-refractivity contribution in [2.75, 3.05) is 79.1 Å². The Morgan fingerprint density at radius 2 is 1.41 bits per heavy atom. The first-order valence-electron chi connectivity index (χ1n) is 14.1. The summed E-state index contributed by atoms with van der Waals surface area (Å²) in [6.07, 6.45) is 5.02. The van der Waals surface area contributed by atoms with E-state index in [9.17, 15) is 14.4 Å². The van der Waals surface area contributed by atoms with Crippen LogP contribution in [0.5, 0.6) is 0 Å². The Balaban J connectivity index is 1.98. The minimum atomic E-state index is -0.674. The van der Waals surface area contributed by atoms with Crippen molar-refractivity contribution in [2.45, 2.75) is 71.4 Å². The number of carbonyl (C=O) groups excluding carboxylic acids is 3. The van der Waals surface area contributed by atoms with E-state index in [1.165, 1.54) is 11.3 Å². The third-order valence-corrected chi connectivity index (χ3v) is 5.90. The topological polar surface area (TPSA) is 148 Å². The number of amides is 2. The van der Waals surface area contributed by atoms with E-state index in [1.54, 1.807) is 27.7 Å². The highest BCUT2D eigenvalue weighted by atomic mass is 16.6. The highest BCUT2D eigenvalue weighted by molar-refractivity contribution is 5.81. The van der Waals surface area contributed by atoms with Gasteiger partial charge in [0.15, 0.2) is 0 Å². The number of esters is 1. The fraction of sp³-hybridized carbons (Fsp3) is 0.889. The van der Waals surface area contributed by atoms with Crippen molar-refractivity contribution in [3.8, 4) is 0 Å². The van der Waals surface area contributed by atoms with Crippen molar-refractivity contribution in [2.24, 2.45) is 11.7 Å². The van der Waals surface area contributed by atoms with E-state index in [2.05, 4.69) is 5.32 Å². The van der Waals surface area contributed by atoms with Crippen LogP contribution in [0.2, 0.25) is 0 Å². The van der Waals surface area contributed by atoms with E-state index >= 15 is 0 Å². The molecule has 0 saturated heterocycles. The van der Waals surface area contributed by atoms with E-state index in [1.807, 2.05) is 0 Å². The Bertz CT molecular complexity index is 682. The number of ether oxygens (including phenoxy) is 6. The lowest BCUT2D eigenvalue weighted by Gasteiger charge is -2.26. The molecule has 0 spiro atoms. The molecule has 228 valence electrons. The monoisotopic (exact) mass is 561 g/mol. The smallest absolute Gasteiger partial charge is 0.410 e. The molecule has 0 aromatic heterocycles. The summed E-state index contributed by atoms with van der Waals surface area (Å²) >= 11 is 0. The molecule has 1 rings (SSSR count). The van der Waals surface area contributed by atoms with Crippen molar-refractivity contribution >= 4 is 18.0 Å². The molecule has 0 aromatic rings. The van der Waals surface area contributed by atoms with Gasteiger partial charge in [-0.3, -0.25) is 14.5 Å². The van der Waals surface area contributed by atoms with Crippen molar-refractivity contribution in [1.82, 2.24) is 10.2 Å². The Morgan fingerprint density at radius 1 is 0.872 bits per heavy atom. The zero-order chi connectivity index (χ0) is 28.9. The van der Waals surface area contributed by atoms with Gasteiger partial charge in [0, 0.05) is 13.1 Å². The fourth-order valence-electron chi connectivity index (χ4n) is 3.93. The Kier molecular flexibility index (Phi) is 18.7. The van der Waals surface area contributed by atoms with Gasteiger partial charge in [-0.2, -0.15) is 0 Å². The third-order valence-electron chi connectivity index (χ3n) is 5.90. The molecule has 0 radical (unpaired) electrons. The lowest BCUT2D eigenvalue weighted by atomic mass is 9.84. The minimum absolute atomic E-state index is 0.0973. The summed E-state index contributed by atoms with van der Waals surface area (Å²) in [7, 11) is 0. The largest absolute Gasteiger partial charge is 0.465 e. The molecule has 1 saturated carbocycles. The second kappa shape index (κ2) is 20.8. The van der Waals surface area contributed by atoms with E-state index in [0.717, 1.165) is 25.7 Å². The quantitative estimate of drug-likeness (QED) is 0.167. The molecule has 0 aliphatic heterocycles. The number of nitrogens with zero attached hydrogens (tertiary/aromatic N) is 1. The van der Waals surface area contributed by atoms with E-state index in [0.29, 0.717) is 58.7 Å². The van der Waals surface area contributed by atoms with Crippen LogP contribution in [0.25, 0.3) is 0 Å². The van der Waals surface area contributed by atoms with Crippen LogP contribution in [0.1, 0.15) is 59.8 Å². The molecule has 39 heavy (non-hydrogen) atoms. The number of hydrogen-bond acceptors (Lipinski definition) is 10. The van der Waals surface area contributed by atoms with Gasteiger partial charge in [0.05, 0.1) is 65.5 Å². The number of nitrogens with one attached hydrogen (secondary N) is 1. The van der Waals surface area contributed by atoms with Crippen LogP contribution in [-0.2, 0) is 38.0 Å². The van der Waals surface area contributed by atoms with Gasteiger partial charge in [0.1, 0.15) is 12.1 Å². The lowest BCUT2D eigenvalue weighted by Crippen LogP contribution is -2.46. The van der Waals surface area contributed by atoms with Gasteiger partial charge < -0.3 is 39.5 Å². The number of carbonyl (C=O) groups is 3. The predicted octanol–water partition coefficient (Wildman–Crippen LogP) is 1.88. The molecule has 0 unspecified atom stereocenters. The SMILES string of the molecule is CCOC(=O)CN(CCOCCOCCOCCOCCNC(=O)[C@H](N)C1CCCCC1)C(=O)OC(C)(C)C. The number of nitrogens with two attached hydrogens (primary N) is 1. The highest BCUT2D eigenvalue weighted by Crippen LogP contribution is 2.25. The van der Waals surface area contributed by atoms with Gasteiger partial charge in [-0.25, -0.2) is 4.79 Å². The van der Waals surface area contributed by atoms with Crippen LogP contribution >= 0.6 is 0 Å². The Hall–Kier alpha value is -1.99. The van der Waals surface area contributed by atoms with Crippen molar-refractivity contribution in [3.63, 3.8) is 0 Å². The molecule has 1 fully saturated rings. The zero-order valence-corrected chi connectivity index (χ0v) is 24.4. The van der Waals surface area contributed by atoms with Gasteiger partial charge >= 0.3 is 12.1 Å². The van der Waals surface area contributed by atoms with Crippen LogP contribution in [0, 0.1) is 5.92 Å². The van der Waals surface area contributed by atoms with Crippen molar-refractivity contribution < 1.29 is 42.8 Å². The van der Waals surface area contributed by atoms with Gasteiger partial charge in [-0.1, -0.05) is 19.3 Å². The second-order valence-corrected chi connectivity index (χ2v) is 10.4. The molecular formula is C27H51N3O9. The molecule has 0 heterocycles. The maximum Gasteiger partial charge on any atom is 0.410 e. The number of rotatable bonds is 20. The summed E-state index contributed by atoms with van der Waals surface area (Å²) in [6.45, 7) is 10.7. The second-order valence-electron chi connectivity index (χ2n) is 10.4. The van der Waals surface area contributed by atoms with Gasteiger partial charge in [-0.15, -0.1) is 0 Å². The molecule has 12 heteroatoms. The summed E-state index contributed by atoms with van der Waals surface area (Å²) in [5, 5.41) is 2.85. The molecule has 2 amide bonds. The average molecular weight is 562 g/mol. The standard InChI is InChI=1S/C27H51N3O9/c1-5-38-23(31)21-30(26(33)39-27(2,3)4)12-14-35-16-18-37-20-19-36-17-15-34-13-11-29-25(32)24(28)22-9-7-6-8-10-22/h22,24H,5-21,28H2,1-4H3,(H,29,32)/t24-/m1/s1. The summed E-state index contributed by atoms with van der Waals surface area (Å²) in [5.74, 6) is -0.308. The first kappa shape index (κ1) is 35.0. The molecule has 12 nitrogen and oxygen atoms in total. The van der Waals surface area contributed by atoms with E-state index < -0.39 is 23.7 Å². The molecule has 0 bridgehead atoms. The molecular weight excluding hydrogens is 510 g/mol. The summed E-state index contributed by atoms with van der Waals surface area (Å²) < 4.78 is 32.2. The van der Waals surface area contributed by atoms with E-state index in [4.69, 9.17) is 34.2 Å². The fourth-order valence-corrected chi connectivity index (χ4v) is 3.93. The van der Waals surface area contributed by atoms with Crippen LogP contribution in [-0.4, -0.2) is 114 Å². The summed E-state index contributed by atoms with van der Waals surface area (Å²) in [4.78, 5) is 37.5. The molecule has 3 N–H and O–H groups in total. The maximum atomic E-state index is 12.3. The van der Waals surface area contributed by atoms with Crippen LogP contribution in [0.4, 0.5) is 4.79 Å². The van der Waals surface area contributed by atoms with Gasteiger partial charge in [0.25, 0.3) is 0 Å². The van der Waals surface area contributed by atoms with Crippen molar-refractivity contribution in [3.05, 3.63) is 0 Å². The molecule has 1 atom stereocenters. The summed E-state index contributed by atoms with van der Waals surface area (Å²) in [5.41, 5.74) is 5.41. The third kappa shape index (κ3) is 18.1. The average Bonchev–Trinajstić information content (AvgIpc) is 2.89. The van der Waals surface area contributed by atoms with Crippen LogP contribution < -0.4 is 11.1 Å². The normalized spacial score (nSPS) is 15.0. The van der Waals surface area contributed by atoms with Crippen LogP contribution in [0.15, 0.2) is 0 Å². The molecule has 0 aromatic carbocycles. The summed E-state index contributed by atoms with van der Waals surface area (Å²) in [6, 6.07) is -0.428. The molecule has 1 aliphatic rings. The lowest BCUT2D eigenvalue weighted by molar-refractivity contribution is -0.144. The zero-order valence-electron chi connectivity index (χ0n) is 24.4. The van der Waals surface area contributed by atoms with E-state index in [-0.39, 0.29) is 32.2 Å². The van der Waals surface area contributed by atoms with Crippen LogP contribution in [0.3, 0.4) is 0 Å². The highest BCUT2D eigenvalue weighted by Gasteiger charge is 2.26.